The topological polar surface area (TPSA) is 60.9 Å². The van der Waals surface area contributed by atoms with Crippen molar-refractivity contribution in [2.45, 2.75) is 38.8 Å². The highest BCUT2D eigenvalue weighted by molar-refractivity contribution is 9.10. The number of ketones is 1. The highest BCUT2D eigenvalue weighted by atomic mass is 79.9. The maximum atomic E-state index is 12.3. The quantitative estimate of drug-likeness (QED) is 0.864. The third kappa shape index (κ3) is 2.06. The minimum absolute atomic E-state index is 0.0771. The van der Waals surface area contributed by atoms with Crippen molar-refractivity contribution >= 4 is 21.7 Å². The molecule has 5 heteroatoms. The van der Waals surface area contributed by atoms with Gasteiger partial charge in [-0.15, -0.1) is 0 Å². The van der Waals surface area contributed by atoms with E-state index < -0.39 is 0 Å². The van der Waals surface area contributed by atoms with Crippen molar-refractivity contribution in [1.82, 2.24) is 9.78 Å². The molecule has 1 aliphatic rings. The molecule has 0 saturated heterocycles. The first-order valence-corrected chi connectivity index (χ1v) is 6.43. The van der Waals surface area contributed by atoms with Crippen molar-refractivity contribution < 1.29 is 4.79 Å². The zero-order valence-corrected chi connectivity index (χ0v) is 10.9. The first kappa shape index (κ1) is 11.8. The van der Waals surface area contributed by atoms with E-state index in [1.54, 1.807) is 10.9 Å². The fourth-order valence-corrected chi connectivity index (χ4v) is 2.79. The van der Waals surface area contributed by atoms with Crippen molar-refractivity contribution in [3.63, 3.8) is 0 Å². The van der Waals surface area contributed by atoms with Crippen LogP contribution in [0.1, 0.15) is 36.7 Å². The van der Waals surface area contributed by atoms with Crippen molar-refractivity contribution in [2.24, 2.45) is 11.7 Å². The van der Waals surface area contributed by atoms with Gasteiger partial charge in [0.05, 0.1) is 10.7 Å². The lowest BCUT2D eigenvalue weighted by Gasteiger charge is -2.10. The Balaban J connectivity index is 2.23. The number of carbonyl (C=O) groups excluding carboxylic acids is 1. The van der Waals surface area contributed by atoms with E-state index in [9.17, 15) is 4.79 Å². The number of aromatic nitrogens is 2. The lowest BCUT2D eigenvalue weighted by Crippen LogP contribution is -2.20. The van der Waals surface area contributed by atoms with Crippen LogP contribution in [0.2, 0.25) is 0 Å². The number of nitrogens with two attached hydrogens (primary N) is 1. The minimum atomic E-state index is 0.0771. The lowest BCUT2D eigenvalue weighted by molar-refractivity contribution is 0.0910. The van der Waals surface area contributed by atoms with Crippen LogP contribution >= 0.6 is 15.9 Å². The molecule has 2 N–H and O–H groups in total. The number of halogens is 1. The molecule has 16 heavy (non-hydrogen) atoms. The summed E-state index contributed by atoms with van der Waals surface area (Å²) in [5.74, 6) is 0.257. The molecule has 2 unspecified atom stereocenters. The molecule has 1 aliphatic carbocycles. The van der Waals surface area contributed by atoms with Crippen LogP contribution in [0.15, 0.2) is 10.7 Å². The Bertz CT molecular complexity index is 402. The third-order valence-electron chi connectivity index (χ3n) is 3.17. The van der Waals surface area contributed by atoms with Gasteiger partial charge in [0.25, 0.3) is 0 Å². The Morgan fingerprint density at radius 2 is 2.44 bits per heavy atom. The Morgan fingerprint density at radius 1 is 1.69 bits per heavy atom. The van der Waals surface area contributed by atoms with E-state index in [0.717, 1.165) is 23.7 Å². The summed E-state index contributed by atoms with van der Waals surface area (Å²) in [5.41, 5.74) is 6.53. The van der Waals surface area contributed by atoms with E-state index in [-0.39, 0.29) is 17.7 Å². The maximum Gasteiger partial charge on any atom is 0.185 e. The van der Waals surface area contributed by atoms with Gasteiger partial charge < -0.3 is 5.73 Å². The molecule has 0 amide bonds. The molecule has 2 atom stereocenters. The second kappa shape index (κ2) is 4.67. The van der Waals surface area contributed by atoms with Crippen LogP contribution in [0.3, 0.4) is 0 Å². The molecule has 1 aromatic heterocycles. The summed E-state index contributed by atoms with van der Waals surface area (Å²) in [4.78, 5) is 12.3. The molecule has 1 aromatic rings. The molecule has 0 spiro atoms. The monoisotopic (exact) mass is 285 g/mol. The Hall–Kier alpha value is -0.680. The molecular formula is C11H16BrN3O. The smallest absolute Gasteiger partial charge is 0.185 e. The number of carbonyl (C=O) groups is 1. The number of hydrogen-bond acceptors (Lipinski definition) is 3. The molecule has 0 bridgehead atoms. The predicted octanol–water partition coefficient (Wildman–Crippen LogP) is 1.98. The lowest BCUT2D eigenvalue weighted by atomic mass is 10.00. The van der Waals surface area contributed by atoms with E-state index in [2.05, 4.69) is 21.0 Å². The van der Waals surface area contributed by atoms with E-state index in [1.165, 1.54) is 0 Å². The van der Waals surface area contributed by atoms with E-state index in [0.29, 0.717) is 12.2 Å². The Morgan fingerprint density at radius 3 is 3.00 bits per heavy atom. The predicted molar refractivity (Wildman–Crippen MR) is 65.2 cm³/mol. The normalized spacial score (nSPS) is 24.9. The van der Waals surface area contributed by atoms with Gasteiger partial charge in [0.15, 0.2) is 5.78 Å². The largest absolute Gasteiger partial charge is 0.328 e. The van der Waals surface area contributed by atoms with Gasteiger partial charge in [-0.1, -0.05) is 0 Å². The highest BCUT2D eigenvalue weighted by Crippen LogP contribution is 2.29. The molecule has 4 nitrogen and oxygen atoms in total. The zero-order valence-electron chi connectivity index (χ0n) is 9.32. The van der Waals surface area contributed by atoms with Crippen LogP contribution in [0.25, 0.3) is 0 Å². The van der Waals surface area contributed by atoms with Gasteiger partial charge in [0, 0.05) is 18.5 Å². The SMILES string of the molecule is CCn1ncc(Br)c1C(=O)C1CCC(N)C1. The summed E-state index contributed by atoms with van der Waals surface area (Å²) in [6.07, 6.45) is 4.35. The Labute approximate surface area is 103 Å². The maximum absolute atomic E-state index is 12.3. The summed E-state index contributed by atoms with van der Waals surface area (Å²) < 4.78 is 2.54. The first-order valence-electron chi connectivity index (χ1n) is 5.64. The molecule has 1 saturated carbocycles. The van der Waals surface area contributed by atoms with E-state index >= 15 is 0 Å². The molecule has 88 valence electrons. The summed E-state index contributed by atoms with van der Waals surface area (Å²) in [5, 5.41) is 4.16. The molecular weight excluding hydrogens is 270 g/mol. The molecule has 0 aliphatic heterocycles. The number of hydrogen-bond donors (Lipinski definition) is 1. The molecule has 0 aromatic carbocycles. The van der Waals surface area contributed by atoms with Crippen LogP contribution in [0.4, 0.5) is 0 Å². The highest BCUT2D eigenvalue weighted by Gasteiger charge is 2.31. The molecule has 1 fully saturated rings. The number of nitrogens with zero attached hydrogens (tertiary/aromatic N) is 2. The van der Waals surface area contributed by atoms with Crippen LogP contribution < -0.4 is 5.73 Å². The van der Waals surface area contributed by atoms with Crippen molar-refractivity contribution in [3.8, 4) is 0 Å². The van der Waals surface area contributed by atoms with E-state index in [4.69, 9.17) is 5.73 Å². The molecule has 1 heterocycles. The van der Waals surface area contributed by atoms with Crippen LogP contribution in [0.5, 0.6) is 0 Å². The summed E-state index contributed by atoms with van der Waals surface area (Å²) in [7, 11) is 0. The van der Waals surface area contributed by atoms with Gasteiger partial charge >= 0.3 is 0 Å². The van der Waals surface area contributed by atoms with E-state index in [1.807, 2.05) is 6.92 Å². The van der Waals surface area contributed by atoms with Crippen molar-refractivity contribution in [2.75, 3.05) is 0 Å². The minimum Gasteiger partial charge on any atom is -0.328 e. The number of rotatable bonds is 3. The number of aryl methyl sites for hydroxylation is 1. The van der Waals surface area contributed by atoms with Gasteiger partial charge in [-0.3, -0.25) is 9.48 Å². The molecule has 0 radical (unpaired) electrons. The van der Waals surface area contributed by atoms with Crippen molar-refractivity contribution in [1.29, 1.82) is 0 Å². The fourth-order valence-electron chi connectivity index (χ4n) is 2.30. The van der Waals surface area contributed by atoms with Crippen molar-refractivity contribution in [3.05, 3.63) is 16.4 Å². The standard InChI is InChI=1S/C11H16BrN3O/c1-2-15-10(9(12)6-14-15)11(16)7-3-4-8(13)5-7/h6-8H,2-5,13H2,1H3. The van der Waals surface area contributed by atoms with Crippen LogP contribution in [-0.2, 0) is 6.54 Å². The van der Waals surface area contributed by atoms with Gasteiger partial charge in [0.1, 0.15) is 5.69 Å². The summed E-state index contributed by atoms with van der Waals surface area (Å²) in [6.45, 7) is 2.70. The van der Waals surface area contributed by atoms with Gasteiger partial charge in [0.2, 0.25) is 0 Å². The fraction of sp³-hybridized carbons (Fsp3) is 0.636. The average Bonchev–Trinajstić information content (AvgIpc) is 2.83. The van der Waals surface area contributed by atoms with Crippen LogP contribution in [-0.4, -0.2) is 21.6 Å². The van der Waals surface area contributed by atoms with Gasteiger partial charge in [-0.25, -0.2) is 0 Å². The first-order chi connectivity index (χ1) is 7.63. The summed E-state index contributed by atoms with van der Waals surface area (Å²) in [6, 6.07) is 0.186. The zero-order chi connectivity index (χ0) is 11.7. The summed E-state index contributed by atoms with van der Waals surface area (Å²) >= 11 is 3.39. The Kier molecular flexibility index (Phi) is 3.44. The number of Topliss-reactive ketones (excluding diaryl/α,β-unsaturated/α-hetero) is 1. The van der Waals surface area contributed by atoms with Gasteiger partial charge in [-0.2, -0.15) is 5.10 Å². The van der Waals surface area contributed by atoms with Gasteiger partial charge in [-0.05, 0) is 42.1 Å². The third-order valence-corrected chi connectivity index (χ3v) is 3.75. The molecule has 2 rings (SSSR count). The second-order valence-electron chi connectivity index (χ2n) is 4.29. The average molecular weight is 286 g/mol. The second-order valence-corrected chi connectivity index (χ2v) is 5.15. The van der Waals surface area contributed by atoms with Crippen LogP contribution in [0, 0.1) is 5.92 Å².